The summed E-state index contributed by atoms with van der Waals surface area (Å²) >= 11 is 5.95. The van der Waals surface area contributed by atoms with Gasteiger partial charge in [-0.3, -0.25) is 9.48 Å². The predicted octanol–water partition coefficient (Wildman–Crippen LogP) is 5.76. The molecule has 164 valence electrons. The molecule has 0 unspecified atom stereocenters. The van der Waals surface area contributed by atoms with Crippen LogP contribution in [0.25, 0.3) is 33.2 Å². The molecule has 0 amide bonds. The summed E-state index contributed by atoms with van der Waals surface area (Å²) in [5.41, 5.74) is 3.47. The van der Waals surface area contributed by atoms with E-state index in [4.69, 9.17) is 20.8 Å². The topological polar surface area (TPSA) is 77.5 Å². The van der Waals surface area contributed by atoms with E-state index in [0.717, 1.165) is 11.1 Å². The molecule has 0 spiro atoms. The second-order valence-corrected chi connectivity index (χ2v) is 7.97. The second kappa shape index (κ2) is 8.84. The first-order valence-corrected chi connectivity index (χ1v) is 10.7. The minimum atomic E-state index is -0.139. The number of nitrogens with zero attached hydrogens (tertiary/aromatic N) is 2. The van der Waals surface area contributed by atoms with Gasteiger partial charge in [-0.25, -0.2) is 0 Å². The van der Waals surface area contributed by atoms with Gasteiger partial charge in [-0.2, -0.15) is 5.10 Å². The van der Waals surface area contributed by atoms with Gasteiger partial charge in [0.1, 0.15) is 30.0 Å². The average molecular weight is 459 g/mol. The second-order valence-electron chi connectivity index (χ2n) is 7.53. The number of rotatable bonds is 6. The molecule has 7 heteroatoms. The van der Waals surface area contributed by atoms with Crippen molar-refractivity contribution >= 4 is 22.6 Å². The summed E-state index contributed by atoms with van der Waals surface area (Å²) in [5.74, 6) is 0.746. The average Bonchev–Trinajstić information content (AvgIpc) is 3.29. The number of ether oxygens (including phenoxy) is 1. The molecule has 1 N–H and O–H groups in total. The first-order valence-electron chi connectivity index (χ1n) is 10.3. The van der Waals surface area contributed by atoms with Gasteiger partial charge in [0.05, 0.1) is 23.7 Å². The van der Waals surface area contributed by atoms with E-state index in [1.807, 2.05) is 35.1 Å². The maximum atomic E-state index is 12.9. The van der Waals surface area contributed by atoms with Crippen LogP contribution in [0, 0.1) is 0 Å². The van der Waals surface area contributed by atoms with Gasteiger partial charge in [-0.05, 0) is 47.5 Å². The van der Waals surface area contributed by atoms with Crippen LogP contribution in [0.2, 0.25) is 5.02 Å². The molecule has 0 saturated heterocycles. The van der Waals surface area contributed by atoms with Crippen LogP contribution in [0.1, 0.15) is 0 Å². The quantitative estimate of drug-likeness (QED) is 0.350. The largest absolute Gasteiger partial charge is 0.508 e. The van der Waals surface area contributed by atoms with Crippen molar-refractivity contribution in [2.24, 2.45) is 0 Å². The normalized spacial score (nSPS) is 11.1. The number of aromatic nitrogens is 2. The third kappa shape index (κ3) is 4.47. The predicted molar refractivity (Wildman–Crippen MR) is 128 cm³/mol. The van der Waals surface area contributed by atoms with Crippen LogP contribution in [0.3, 0.4) is 0 Å². The Labute approximate surface area is 194 Å². The van der Waals surface area contributed by atoms with Crippen LogP contribution >= 0.6 is 11.6 Å². The molecule has 3 aromatic carbocycles. The summed E-state index contributed by atoms with van der Waals surface area (Å²) in [7, 11) is 0. The molecule has 33 heavy (non-hydrogen) atoms. The highest BCUT2D eigenvalue weighted by atomic mass is 35.5. The van der Waals surface area contributed by atoms with Crippen molar-refractivity contribution in [3.8, 4) is 33.8 Å². The van der Waals surface area contributed by atoms with Gasteiger partial charge >= 0.3 is 0 Å². The molecule has 6 nitrogen and oxygen atoms in total. The van der Waals surface area contributed by atoms with E-state index < -0.39 is 0 Å². The molecule has 5 rings (SSSR count). The van der Waals surface area contributed by atoms with E-state index in [9.17, 15) is 9.90 Å². The third-order valence-electron chi connectivity index (χ3n) is 5.32. The van der Waals surface area contributed by atoms with E-state index in [2.05, 4.69) is 5.10 Å². The number of fused-ring (bicyclic) bond motifs is 1. The Hall–Kier alpha value is -4.03. The minimum absolute atomic E-state index is 0.139. The summed E-state index contributed by atoms with van der Waals surface area (Å²) in [5, 5.41) is 15.0. The lowest BCUT2D eigenvalue weighted by molar-refractivity contribution is 0.291. The van der Waals surface area contributed by atoms with E-state index >= 15 is 0 Å². The fraction of sp³-hybridized carbons (Fsp3) is 0.0769. The molecule has 0 bridgehead atoms. The molecule has 2 aromatic heterocycles. The van der Waals surface area contributed by atoms with Crippen molar-refractivity contribution in [3.63, 3.8) is 0 Å². The number of phenolic OH excluding ortho intramolecular Hbond substituents is 1. The van der Waals surface area contributed by atoms with Crippen LogP contribution < -0.4 is 10.2 Å². The van der Waals surface area contributed by atoms with Crippen molar-refractivity contribution in [2.45, 2.75) is 6.54 Å². The number of hydrogen-bond donors (Lipinski definition) is 1. The lowest BCUT2D eigenvalue weighted by Crippen LogP contribution is -2.09. The molecular formula is C26H19ClN2O4. The Morgan fingerprint density at radius 1 is 0.970 bits per heavy atom. The summed E-state index contributed by atoms with van der Waals surface area (Å²) in [4.78, 5) is 12.9. The van der Waals surface area contributed by atoms with Crippen molar-refractivity contribution in [3.05, 3.63) is 101 Å². The lowest BCUT2D eigenvalue weighted by atomic mass is 10.1. The molecule has 0 aliphatic carbocycles. The van der Waals surface area contributed by atoms with Gasteiger partial charge < -0.3 is 14.3 Å². The van der Waals surface area contributed by atoms with Gasteiger partial charge in [-0.1, -0.05) is 35.9 Å². The molecule has 2 heterocycles. The Bertz CT molecular complexity index is 1470. The Balaban J connectivity index is 1.27. The fourth-order valence-electron chi connectivity index (χ4n) is 3.57. The van der Waals surface area contributed by atoms with Crippen LogP contribution in [0.15, 0.2) is 94.6 Å². The fourth-order valence-corrected chi connectivity index (χ4v) is 3.70. The number of phenols is 1. The molecule has 0 radical (unpaired) electrons. The van der Waals surface area contributed by atoms with Crippen molar-refractivity contribution in [1.29, 1.82) is 0 Å². The van der Waals surface area contributed by atoms with Crippen LogP contribution in [0.5, 0.6) is 11.5 Å². The Morgan fingerprint density at radius 3 is 2.52 bits per heavy atom. The standard InChI is InChI=1S/C26H19ClN2O4/c27-20-5-1-17(2-6-20)19-14-28-29(15-19)11-12-32-22-9-10-23-25(13-22)33-16-24(26(23)31)18-3-7-21(30)8-4-18/h1-10,13-16,30H,11-12H2. The van der Waals surface area contributed by atoms with Crippen molar-refractivity contribution in [1.82, 2.24) is 9.78 Å². The van der Waals surface area contributed by atoms with E-state index in [1.54, 1.807) is 36.5 Å². The molecule has 0 fully saturated rings. The Kier molecular flexibility index (Phi) is 5.59. The maximum Gasteiger partial charge on any atom is 0.200 e. The highest BCUT2D eigenvalue weighted by Gasteiger charge is 2.10. The van der Waals surface area contributed by atoms with E-state index in [-0.39, 0.29) is 11.2 Å². The Morgan fingerprint density at radius 2 is 1.73 bits per heavy atom. The summed E-state index contributed by atoms with van der Waals surface area (Å²) < 4.78 is 13.4. The maximum absolute atomic E-state index is 12.9. The zero-order valence-electron chi connectivity index (χ0n) is 17.4. The number of aromatic hydroxyl groups is 1. The van der Waals surface area contributed by atoms with Crippen molar-refractivity contribution in [2.75, 3.05) is 6.61 Å². The summed E-state index contributed by atoms with van der Waals surface area (Å²) in [6.45, 7) is 0.971. The highest BCUT2D eigenvalue weighted by molar-refractivity contribution is 6.30. The zero-order chi connectivity index (χ0) is 22.8. The van der Waals surface area contributed by atoms with Gasteiger partial charge in [0, 0.05) is 22.8 Å². The zero-order valence-corrected chi connectivity index (χ0v) is 18.2. The van der Waals surface area contributed by atoms with Crippen molar-refractivity contribution < 1.29 is 14.3 Å². The molecule has 0 aliphatic rings. The minimum Gasteiger partial charge on any atom is -0.508 e. The number of halogens is 1. The van der Waals surface area contributed by atoms with E-state index in [0.29, 0.717) is 46.0 Å². The first kappa shape index (κ1) is 20.8. The van der Waals surface area contributed by atoms with Gasteiger partial charge in [0.15, 0.2) is 5.43 Å². The van der Waals surface area contributed by atoms with Gasteiger partial charge in [0.2, 0.25) is 0 Å². The van der Waals surface area contributed by atoms with Gasteiger partial charge in [-0.15, -0.1) is 0 Å². The molecular weight excluding hydrogens is 440 g/mol. The molecule has 0 saturated carbocycles. The van der Waals surface area contributed by atoms with Crippen LogP contribution in [0.4, 0.5) is 0 Å². The number of hydrogen-bond acceptors (Lipinski definition) is 5. The first-order chi connectivity index (χ1) is 16.1. The smallest absolute Gasteiger partial charge is 0.200 e. The molecule has 0 aliphatic heterocycles. The van der Waals surface area contributed by atoms with Crippen LogP contribution in [-0.4, -0.2) is 21.5 Å². The number of benzene rings is 3. The van der Waals surface area contributed by atoms with Gasteiger partial charge in [0.25, 0.3) is 0 Å². The molecule has 0 atom stereocenters. The van der Waals surface area contributed by atoms with E-state index in [1.165, 1.54) is 18.4 Å². The summed E-state index contributed by atoms with van der Waals surface area (Å²) in [6, 6.07) is 19.2. The monoisotopic (exact) mass is 458 g/mol. The SMILES string of the molecule is O=c1c(-c2ccc(O)cc2)coc2cc(OCCn3cc(-c4ccc(Cl)cc4)cn3)ccc12. The molecule has 5 aromatic rings. The highest BCUT2D eigenvalue weighted by Crippen LogP contribution is 2.25. The lowest BCUT2D eigenvalue weighted by Gasteiger charge is -2.08. The summed E-state index contributed by atoms with van der Waals surface area (Å²) in [6.07, 6.45) is 5.19. The third-order valence-corrected chi connectivity index (χ3v) is 5.58. The van der Waals surface area contributed by atoms with Crippen LogP contribution in [-0.2, 0) is 6.54 Å².